The number of rotatable bonds is 3. The molecule has 0 heterocycles. The molecule has 2 nitrogen and oxygen atoms in total. The number of benzene rings is 2. The SMILES string of the molecule is CC(Nc1ccc(Cl)c(C#N)c1)c1ccc(Cl)c(Cl)c1Cl. The molecule has 6 heteroatoms. The van der Waals surface area contributed by atoms with E-state index in [4.69, 9.17) is 51.7 Å². The average Bonchev–Trinajstić information content (AvgIpc) is 2.46. The summed E-state index contributed by atoms with van der Waals surface area (Å²) >= 11 is 24.1. The number of hydrogen-bond acceptors (Lipinski definition) is 2. The van der Waals surface area contributed by atoms with E-state index in [1.165, 1.54) is 0 Å². The summed E-state index contributed by atoms with van der Waals surface area (Å²) in [5.74, 6) is 0. The molecular weight excluding hydrogens is 350 g/mol. The summed E-state index contributed by atoms with van der Waals surface area (Å²) in [6.07, 6.45) is 0. The Morgan fingerprint density at radius 3 is 2.33 bits per heavy atom. The number of nitrogens with zero attached hydrogens (tertiary/aromatic N) is 1. The lowest BCUT2D eigenvalue weighted by Gasteiger charge is -2.18. The highest BCUT2D eigenvalue weighted by molar-refractivity contribution is 6.48. The van der Waals surface area contributed by atoms with Crippen molar-refractivity contribution in [3.05, 3.63) is 61.5 Å². The summed E-state index contributed by atoms with van der Waals surface area (Å²) in [6, 6.07) is 10.6. The summed E-state index contributed by atoms with van der Waals surface area (Å²) in [6.45, 7) is 1.94. The first-order valence-electron chi connectivity index (χ1n) is 6.03. The van der Waals surface area contributed by atoms with Crippen LogP contribution in [0.4, 0.5) is 5.69 Å². The maximum atomic E-state index is 8.99. The summed E-state index contributed by atoms with van der Waals surface area (Å²) in [4.78, 5) is 0. The van der Waals surface area contributed by atoms with Crippen molar-refractivity contribution in [2.45, 2.75) is 13.0 Å². The molecule has 2 aromatic carbocycles. The van der Waals surface area contributed by atoms with Crippen LogP contribution in [0.2, 0.25) is 20.1 Å². The highest BCUT2D eigenvalue weighted by Gasteiger charge is 2.14. The summed E-state index contributed by atoms with van der Waals surface area (Å²) < 4.78 is 0. The van der Waals surface area contributed by atoms with Crippen LogP contribution in [0.5, 0.6) is 0 Å². The van der Waals surface area contributed by atoms with Gasteiger partial charge < -0.3 is 5.32 Å². The molecule has 0 fully saturated rings. The first-order valence-corrected chi connectivity index (χ1v) is 7.54. The molecule has 108 valence electrons. The fraction of sp³-hybridized carbons (Fsp3) is 0.133. The van der Waals surface area contributed by atoms with Gasteiger partial charge in [0.25, 0.3) is 0 Å². The lowest BCUT2D eigenvalue weighted by Crippen LogP contribution is -2.07. The van der Waals surface area contributed by atoms with Gasteiger partial charge in [0.15, 0.2) is 0 Å². The van der Waals surface area contributed by atoms with Gasteiger partial charge in [-0.3, -0.25) is 0 Å². The van der Waals surface area contributed by atoms with E-state index in [0.717, 1.165) is 11.3 Å². The smallest absolute Gasteiger partial charge is 0.101 e. The third kappa shape index (κ3) is 3.56. The minimum atomic E-state index is -0.111. The zero-order chi connectivity index (χ0) is 15.6. The molecule has 0 bridgehead atoms. The van der Waals surface area contributed by atoms with Gasteiger partial charge in [0.2, 0.25) is 0 Å². The molecule has 0 radical (unpaired) electrons. The van der Waals surface area contributed by atoms with Gasteiger partial charge in [0, 0.05) is 5.69 Å². The van der Waals surface area contributed by atoms with Crippen LogP contribution >= 0.6 is 46.4 Å². The van der Waals surface area contributed by atoms with Gasteiger partial charge in [-0.15, -0.1) is 0 Å². The van der Waals surface area contributed by atoms with Gasteiger partial charge in [-0.05, 0) is 36.8 Å². The monoisotopic (exact) mass is 358 g/mol. The van der Waals surface area contributed by atoms with E-state index in [0.29, 0.717) is 25.7 Å². The number of halogens is 4. The molecule has 1 atom stereocenters. The first kappa shape index (κ1) is 16.3. The second kappa shape index (κ2) is 6.77. The molecule has 0 saturated carbocycles. The molecule has 0 aliphatic carbocycles. The zero-order valence-corrected chi connectivity index (χ0v) is 13.9. The number of nitriles is 1. The third-order valence-electron chi connectivity index (χ3n) is 3.00. The molecule has 2 aromatic rings. The molecule has 1 N–H and O–H groups in total. The number of nitrogens with one attached hydrogen (secondary N) is 1. The molecule has 0 aliphatic heterocycles. The zero-order valence-electron chi connectivity index (χ0n) is 10.9. The third-order valence-corrected chi connectivity index (χ3v) is 4.64. The fourth-order valence-electron chi connectivity index (χ4n) is 1.90. The number of hydrogen-bond donors (Lipinski definition) is 1. The molecule has 2 rings (SSSR count). The van der Waals surface area contributed by atoms with Gasteiger partial charge >= 0.3 is 0 Å². The van der Waals surface area contributed by atoms with Crippen LogP contribution < -0.4 is 5.32 Å². The van der Waals surface area contributed by atoms with Gasteiger partial charge in [0.05, 0.1) is 31.7 Å². The Morgan fingerprint density at radius 1 is 1.00 bits per heavy atom. The van der Waals surface area contributed by atoms with Crippen molar-refractivity contribution < 1.29 is 0 Å². The van der Waals surface area contributed by atoms with Crippen molar-refractivity contribution in [2.75, 3.05) is 5.32 Å². The average molecular weight is 360 g/mol. The molecule has 0 aromatic heterocycles. The molecule has 1 unspecified atom stereocenters. The van der Waals surface area contributed by atoms with E-state index in [9.17, 15) is 0 Å². The molecule has 0 saturated heterocycles. The van der Waals surface area contributed by atoms with Crippen LogP contribution in [0.1, 0.15) is 24.1 Å². The van der Waals surface area contributed by atoms with Crippen LogP contribution in [-0.2, 0) is 0 Å². The van der Waals surface area contributed by atoms with E-state index in [-0.39, 0.29) is 6.04 Å². The summed E-state index contributed by atoms with van der Waals surface area (Å²) in [7, 11) is 0. The van der Waals surface area contributed by atoms with E-state index in [2.05, 4.69) is 5.32 Å². The lowest BCUT2D eigenvalue weighted by atomic mass is 10.1. The standard InChI is InChI=1S/C15H10Cl4N2/c1-8(11-3-5-13(17)15(19)14(11)18)21-10-2-4-12(16)9(6-10)7-20/h2-6,8,21H,1H3. The quantitative estimate of drug-likeness (QED) is 0.648. The summed E-state index contributed by atoms with van der Waals surface area (Å²) in [5, 5.41) is 13.8. The Balaban J connectivity index is 2.28. The highest BCUT2D eigenvalue weighted by atomic mass is 35.5. The molecule has 0 amide bonds. The van der Waals surface area contributed by atoms with Crippen LogP contribution in [0.15, 0.2) is 30.3 Å². The fourth-order valence-corrected chi connectivity index (χ4v) is 2.77. The van der Waals surface area contributed by atoms with Gasteiger partial charge in [-0.1, -0.05) is 52.5 Å². The molecular formula is C15H10Cl4N2. The topological polar surface area (TPSA) is 35.8 Å². The lowest BCUT2D eigenvalue weighted by molar-refractivity contribution is 0.885. The number of anilines is 1. The van der Waals surface area contributed by atoms with Crippen LogP contribution in [0.25, 0.3) is 0 Å². The normalized spacial score (nSPS) is 11.8. The van der Waals surface area contributed by atoms with Crippen molar-refractivity contribution in [3.8, 4) is 6.07 Å². The Hall–Kier alpha value is -1.11. The summed E-state index contributed by atoms with van der Waals surface area (Å²) in [5.41, 5.74) is 2.00. The largest absolute Gasteiger partial charge is 0.378 e. The van der Waals surface area contributed by atoms with E-state index < -0.39 is 0 Å². The second-order valence-electron chi connectivity index (χ2n) is 4.44. The molecule has 21 heavy (non-hydrogen) atoms. The van der Waals surface area contributed by atoms with Crippen molar-refractivity contribution in [3.63, 3.8) is 0 Å². The van der Waals surface area contributed by atoms with Crippen LogP contribution in [0.3, 0.4) is 0 Å². The minimum absolute atomic E-state index is 0.111. The van der Waals surface area contributed by atoms with Crippen molar-refractivity contribution in [1.82, 2.24) is 0 Å². The predicted octanol–water partition coefficient (Wildman–Crippen LogP) is 6.34. The van der Waals surface area contributed by atoms with Crippen molar-refractivity contribution in [2.24, 2.45) is 0 Å². The maximum absolute atomic E-state index is 8.99. The van der Waals surface area contributed by atoms with Gasteiger partial charge in [-0.25, -0.2) is 0 Å². The molecule has 0 aliphatic rings. The minimum Gasteiger partial charge on any atom is -0.378 e. The molecule has 0 spiro atoms. The van der Waals surface area contributed by atoms with Crippen molar-refractivity contribution in [1.29, 1.82) is 5.26 Å². The first-order chi connectivity index (χ1) is 9.93. The van der Waals surface area contributed by atoms with Gasteiger partial charge in [0.1, 0.15) is 6.07 Å². The van der Waals surface area contributed by atoms with E-state index in [1.807, 2.05) is 19.1 Å². The van der Waals surface area contributed by atoms with Crippen LogP contribution in [-0.4, -0.2) is 0 Å². The van der Waals surface area contributed by atoms with Crippen LogP contribution in [0, 0.1) is 11.3 Å². The Kier molecular flexibility index (Phi) is 5.24. The predicted molar refractivity (Wildman–Crippen MR) is 89.7 cm³/mol. The Labute approximate surface area is 143 Å². The Morgan fingerprint density at radius 2 is 1.67 bits per heavy atom. The van der Waals surface area contributed by atoms with Gasteiger partial charge in [-0.2, -0.15) is 5.26 Å². The second-order valence-corrected chi connectivity index (χ2v) is 6.01. The maximum Gasteiger partial charge on any atom is 0.101 e. The van der Waals surface area contributed by atoms with Crippen molar-refractivity contribution >= 4 is 52.1 Å². The Bertz CT molecular complexity index is 722. The highest BCUT2D eigenvalue weighted by Crippen LogP contribution is 2.36. The van der Waals surface area contributed by atoms with E-state index >= 15 is 0 Å². The van der Waals surface area contributed by atoms with E-state index in [1.54, 1.807) is 24.3 Å².